The molecule has 1 aromatic carbocycles. The molecule has 0 spiro atoms. The van der Waals surface area contributed by atoms with Gasteiger partial charge in [0.05, 0.1) is 19.3 Å². The monoisotopic (exact) mass is 247 g/mol. The van der Waals surface area contributed by atoms with Crippen molar-refractivity contribution in [1.82, 2.24) is 5.32 Å². The zero-order chi connectivity index (χ0) is 13.4. The molecule has 0 saturated heterocycles. The number of ketones is 1. The molecule has 1 aromatic rings. The van der Waals surface area contributed by atoms with Gasteiger partial charge in [0.15, 0.2) is 5.78 Å². The Morgan fingerprint density at radius 3 is 2.61 bits per heavy atom. The van der Waals surface area contributed by atoms with Gasteiger partial charge in [-0.25, -0.2) is 0 Å². The zero-order valence-corrected chi connectivity index (χ0v) is 11.1. The van der Waals surface area contributed by atoms with Crippen molar-refractivity contribution in [3.8, 4) is 0 Å². The predicted molar refractivity (Wildman–Crippen MR) is 73.4 cm³/mol. The molecule has 0 aliphatic heterocycles. The maximum Gasteiger partial charge on any atom is 0.174 e. The van der Waals surface area contributed by atoms with Gasteiger partial charge in [-0.3, -0.25) is 4.79 Å². The van der Waals surface area contributed by atoms with Gasteiger partial charge in [0.25, 0.3) is 0 Å². The summed E-state index contributed by atoms with van der Waals surface area (Å²) in [7, 11) is 0. The minimum absolute atomic E-state index is 0.00609. The molecule has 0 bridgehead atoms. The van der Waals surface area contributed by atoms with Crippen LogP contribution in [0.1, 0.15) is 19.4 Å². The molecule has 0 aliphatic carbocycles. The summed E-state index contributed by atoms with van der Waals surface area (Å²) in [6.45, 7) is 8.90. The highest BCUT2D eigenvalue weighted by atomic mass is 16.5. The molecular weight excluding hydrogens is 226 g/mol. The molecule has 0 aliphatic rings. The second-order valence-electron chi connectivity index (χ2n) is 4.48. The van der Waals surface area contributed by atoms with Crippen molar-refractivity contribution in [2.75, 3.05) is 13.2 Å². The lowest BCUT2D eigenvalue weighted by Crippen LogP contribution is -2.25. The lowest BCUT2D eigenvalue weighted by atomic mass is 10.2. The van der Waals surface area contributed by atoms with Gasteiger partial charge >= 0.3 is 0 Å². The Morgan fingerprint density at radius 2 is 2.00 bits per heavy atom. The number of rotatable bonds is 8. The first-order valence-electron chi connectivity index (χ1n) is 6.17. The third-order valence-electron chi connectivity index (χ3n) is 2.44. The van der Waals surface area contributed by atoms with Crippen LogP contribution in [-0.2, 0) is 16.1 Å². The first kappa shape index (κ1) is 14.6. The van der Waals surface area contributed by atoms with Crippen molar-refractivity contribution >= 4 is 5.78 Å². The third kappa shape index (κ3) is 5.75. The molecule has 0 fully saturated rings. The fourth-order valence-corrected chi connectivity index (χ4v) is 1.39. The average molecular weight is 247 g/mol. The van der Waals surface area contributed by atoms with Crippen molar-refractivity contribution in [1.29, 1.82) is 0 Å². The Hall–Kier alpha value is -1.45. The summed E-state index contributed by atoms with van der Waals surface area (Å²) >= 11 is 0. The topological polar surface area (TPSA) is 38.3 Å². The van der Waals surface area contributed by atoms with Gasteiger partial charge < -0.3 is 10.1 Å². The number of hydrogen-bond acceptors (Lipinski definition) is 3. The summed E-state index contributed by atoms with van der Waals surface area (Å²) in [5.74, 6) is 0.00609. The van der Waals surface area contributed by atoms with Crippen LogP contribution in [0.25, 0.3) is 0 Å². The molecule has 98 valence electrons. The van der Waals surface area contributed by atoms with Crippen LogP contribution in [0, 0.1) is 0 Å². The van der Waals surface area contributed by atoms with E-state index in [1.54, 1.807) is 0 Å². The highest BCUT2D eigenvalue weighted by molar-refractivity contribution is 5.96. The summed E-state index contributed by atoms with van der Waals surface area (Å²) in [4.78, 5) is 11.7. The van der Waals surface area contributed by atoms with E-state index in [4.69, 9.17) is 4.74 Å². The predicted octanol–water partition coefficient (Wildman–Crippen LogP) is 2.33. The number of benzene rings is 1. The van der Waals surface area contributed by atoms with Gasteiger partial charge in [0.1, 0.15) is 0 Å². The smallest absolute Gasteiger partial charge is 0.174 e. The van der Waals surface area contributed by atoms with Crippen LogP contribution >= 0.6 is 0 Å². The van der Waals surface area contributed by atoms with E-state index in [0.717, 1.165) is 5.56 Å². The molecule has 0 unspecified atom stereocenters. The van der Waals surface area contributed by atoms with E-state index in [1.165, 1.54) is 0 Å². The number of nitrogens with one attached hydrogen (secondary N) is 1. The maximum atomic E-state index is 11.7. The van der Waals surface area contributed by atoms with Crippen LogP contribution in [0.2, 0.25) is 0 Å². The first-order valence-corrected chi connectivity index (χ1v) is 6.17. The van der Waals surface area contributed by atoms with E-state index in [0.29, 0.717) is 25.3 Å². The number of ether oxygens (including phenoxy) is 1. The molecule has 1 rings (SSSR count). The Morgan fingerprint density at radius 1 is 1.33 bits per heavy atom. The standard InChI is InChI=1S/C15H21NO2/c1-12(2)18-11-13(3)15(17)10-16-9-14-7-5-4-6-8-14/h4-8,12,16H,3,9-11H2,1-2H3. The van der Waals surface area contributed by atoms with Crippen molar-refractivity contribution in [3.63, 3.8) is 0 Å². The summed E-state index contributed by atoms with van der Waals surface area (Å²) < 4.78 is 5.34. The average Bonchev–Trinajstić information content (AvgIpc) is 2.37. The second-order valence-corrected chi connectivity index (χ2v) is 4.48. The summed E-state index contributed by atoms with van der Waals surface area (Å²) in [5.41, 5.74) is 1.68. The van der Waals surface area contributed by atoms with Crippen LogP contribution in [0.15, 0.2) is 42.5 Å². The molecule has 0 aromatic heterocycles. The van der Waals surface area contributed by atoms with Gasteiger partial charge in [-0.2, -0.15) is 0 Å². The van der Waals surface area contributed by atoms with Gasteiger partial charge in [-0.1, -0.05) is 36.9 Å². The van der Waals surface area contributed by atoms with Crippen LogP contribution in [0.4, 0.5) is 0 Å². The summed E-state index contributed by atoms with van der Waals surface area (Å²) in [6.07, 6.45) is 0.117. The van der Waals surface area contributed by atoms with Crippen molar-refractivity contribution in [3.05, 3.63) is 48.0 Å². The van der Waals surface area contributed by atoms with Crippen molar-refractivity contribution in [2.45, 2.75) is 26.5 Å². The molecule has 3 nitrogen and oxygen atoms in total. The van der Waals surface area contributed by atoms with E-state index in [1.807, 2.05) is 44.2 Å². The Balaban J connectivity index is 2.23. The number of carbonyl (C=O) groups is 1. The minimum Gasteiger partial charge on any atom is -0.374 e. The molecule has 3 heteroatoms. The molecule has 0 heterocycles. The van der Waals surface area contributed by atoms with Gasteiger partial charge in [0, 0.05) is 12.1 Å². The van der Waals surface area contributed by atoms with Crippen molar-refractivity contribution in [2.24, 2.45) is 0 Å². The Bertz CT molecular complexity index is 385. The molecule has 0 saturated carbocycles. The van der Waals surface area contributed by atoms with Crippen LogP contribution < -0.4 is 5.32 Å². The second kappa shape index (κ2) is 7.80. The Kier molecular flexibility index (Phi) is 6.33. The largest absolute Gasteiger partial charge is 0.374 e. The fourth-order valence-electron chi connectivity index (χ4n) is 1.39. The lowest BCUT2D eigenvalue weighted by Gasteiger charge is -2.09. The summed E-state index contributed by atoms with van der Waals surface area (Å²) in [6, 6.07) is 9.98. The summed E-state index contributed by atoms with van der Waals surface area (Å²) in [5, 5.41) is 3.10. The SMILES string of the molecule is C=C(COC(C)C)C(=O)CNCc1ccccc1. The van der Waals surface area contributed by atoms with Crippen LogP contribution in [0.3, 0.4) is 0 Å². The van der Waals surface area contributed by atoms with E-state index in [-0.39, 0.29) is 11.9 Å². The third-order valence-corrected chi connectivity index (χ3v) is 2.44. The van der Waals surface area contributed by atoms with Gasteiger partial charge in [-0.05, 0) is 19.4 Å². The van der Waals surface area contributed by atoms with Crippen LogP contribution in [0.5, 0.6) is 0 Å². The van der Waals surface area contributed by atoms with Crippen molar-refractivity contribution < 1.29 is 9.53 Å². The number of Topliss-reactive ketones (excluding diaryl/α,β-unsaturated/α-hetero) is 1. The van der Waals surface area contributed by atoms with E-state index < -0.39 is 0 Å². The normalized spacial score (nSPS) is 10.6. The van der Waals surface area contributed by atoms with E-state index in [2.05, 4.69) is 11.9 Å². The molecule has 0 amide bonds. The van der Waals surface area contributed by atoms with E-state index in [9.17, 15) is 4.79 Å². The quantitative estimate of drug-likeness (QED) is 0.716. The molecule has 0 radical (unpaired) electrons. The number of carbonyl (C=O) groups excluding carboxylic acids is 1. The molecule has 0 atom stereocenters. The fraction of sp³-hybridized carbons (Fsp3) is 0.400. The lowest BCUT2D eigenvalue weighted by molar-refractivity contribution is -0.115. The minimum atomic E-state index is 0.00609. The highest BCUT2D eigenvalue weighted by Gasteiger charge is 2.07. The van der Waals surface area contributed by atoms with E-state index >= 15 is 0 Å². The van der Waals surface area contributed by atoms with Crippen LogP contribution in [-0.4, -0.2) is 25.0 Å². The van der Waals surface area contributed by atoms with Gasteiger partial charge in [0.2, 0.25) is 0 Å². The number of hydrogen-bond donors (Lipinski definition) is 1. The first-order chi connectivity index (χ1) is 8.59. The molecule has 18 heavy (non-hydrogen) atoms. The molecular formula is C15H21NO2. The zero-order valence-electron chi connectivity index (χ0n) is 11.1. The van der Waals surface area contributed by atoms with Gasteiger partial charge in [-0.15, -0.1) is 0 Å². The molecule has 1 N–H and O–H groups in total. The Labute approximate surface area is 109 Å². The maximum absolute atomic E-state index is 11.7. The highest BCUT2D eigenvalue weighted by Crippen LogP contribution is 1.99.